The summed E-state index contributed by atoms with van der Waals surface area (Å²) in [7, 11) is 0. The van der Waals surface area contributed by atoms with Gasteiger partial charge in [-0.1, -0.05) is 48.2 Å². The molecule has 0 saturated carbocycles. The van der Waals surface area contributed by atoms with Crippen LogP contribution in [0.15, 0.2) is 28.6 Å². The Morgan fingerprint density at radius 3 is 3.00 bits per heavy atom. The van der Waals surface area contributed by atoms with Crippen LogP contribution < -0.4 is 10.2 Å². The largest absolute Gasteiger partial charge is 0.311 e. The number of anilines is 2. The summed E-state index contributed by atoms with van der Waals surface area (Å²) < 4.78 is 0.683. The summed E-state index contributed by atoms with van der Waals surface area (Å²) in [4.78, 5) is 25.8. The van der Waals surface area contributed by atoms with Crippen molar-refractivity contribution in [3.05, 3.63) is 29.8 Å². The second kappa shape index (κ2) is 7.76. The van der Waals surface area contributed by atoms with Crippen LogP contribution >= 0.6 is 23.1 Å². The Morgan fingerprint density at radius 1 is 1.33 bits per heavy atom. The number of benzene rings is 1. The predicted molar refractivity (Wildman–Crippen MR) is 96.7 cm³/mol. The number of carbonyl (C=O) groups is 2. The second-order valence-electron chi connectivity index (χ2n) is 5.38. The molecule has 0 atom stereocenters. The third-order valence-electron chi connectivity index (χ3n) is 3.64. The normalized spacial score (nSPS) is 13.0. The molecule has 1 aromatic carbocycles. The fraction of sp³-hybridized carbons (Fsp3) is 0.375. The fourth-order valence-corrected chi connectivity index (χ4v) is 4.17. The lowest BCUT2D eigenvalue weighted by Crippen LogP contribution is -2.30. The van der Waals surface area contributed by atoms with E-state index in [0.29, 0.717) is 21.6 Å². The summed E-state index contributed by atoms with van der Waals surface area (Å²) in [6.45, 7) is 2.68. The zero-order valence-electron chi connectivity index (χ0n) is 13.3. The molecule has 8 heteroatoms. The molecule has 3 rings (SSSR count). The minimum absolute atomic E-state index is 0.0602. The SMILES string of the molecule is CCCC(=O)Nc1nnc(SCC(=O)N2CCc3ccccc32)s1. The van der Waals surface area contributed by atoms with Gasteiger partial charge in [-0.05, 0) is 24.5 Å². The highest BCUT2D eigenvalue weighted by Crippen LogP contribution is 2.30. The lowest BCUT2D eigenvalue weighted by molar-refractivity contribution is -0.117. The number of amides is 2. The lowest BCUT2D eigenvalue weighted by Gasteiger charge is -2.16. The highest BCUT2D eigenvalue weighted by molar-refractivity contribution is 8.01. The number of hydrogen-bond acceptors (Lipinski definition) is 6. The minimum Gasteiger partial charge on any atom is -0.311 e. The van der Waals surface area contributed by atoms with Gasteiger partial charge < -0.3 is 10.2 Å². The van der Waals surface area contributed by atoms with Crippen molar-refractivity contribution in [3.8, 4) is 0 Å². The van der Waals surface area contributed by atoms with E-state index >= 15 is 0 Å². The number of aromatic nitrogens is 2. The van der Waals surface area contributed by atoms with Crippen LogP contribution in [-0.4, -0.2) is 34.3 Å². The van der Waals surface area contributed by atoms with E-state index in [1.54, 1.807) is 0 Å². The predicted octanol–water partition coefficient (Wildman–Crippen LogP) is 2.96. The summed E-state index contributed by atoms with van der Waals surface area (Å²) in [6.07, 6.45) is 2.16. The monoisotopic (exact) mass is 362 g/mol. The first-order chi connectivity index (χ1) is 11.7. The van der Waals surface area contributed by atoms with E-state index in [0.717, 1.165) is 25.1 Å². The number of fused-ring (bicyclic) bond motifs is 1. The number of rotatable bonds is 6. The van der Waals surface area contributed by atoms with Crippen molar-refractivity contribution >= 4 is 45.7 Å². The topological polar surface area (TPSA) is 75.2 Å². The number of hydrogen-bond donors (Lipinski definition) is 1. The van der Waals surface area contributed by atoms with E-state index in [2.05, 4.69) is 21.6 Å². The van der Waals surface area contributed by atoms with Crippen molar-refractivity contribution in [2.24, 2.45) is 0 Å². The molecule has 1 N–H and O–H groups in total. The van der Waals surface area contributed by atoms with Gasteiger partial charge in [0.2, 0.25) is 16.9 Å². The molecule has 1 aliphatic rings. The van der Waals surface area contributed by atoms with Gasteiger partial charge >= 0.3 is 0 Å². The van der Waals surface area contributed by atoms with Crippen LogP contribution in [0.5, 0.6) is 0 Å². The molecule has 1 aromatic heterocycles. The average Bonchev–Trinajstić information content (AvgIpc) is 3.19. The quantitative estimate of drug-likeness (QED) is 0.632. The Kier molecular flexibility index (Phi) is 5.47. The standard InChI is InChI=1S/C16H18N4O2S2/c1-2-5-13(21)17-15-18-19-16(24-15)23-10-14(22)20-9-8-11-6-3-4-7-12(11)20/h3-4,6-7H,2,5,8-10H2,1H3,(H,17,18,21). The van der Waals surface area contributed by atoms with Crippen molar-refractivity contribution < 1.29 is 9.59 Å². The van der Waals surface area contributed by atoms with Crippen LogP contribution in [0.3, 0.4) is 0 Å². The van der Waals surface area contributed by atoms with Gasteiger partial charge in [-0.3, -0.25) is 9.59 Å². The van der Waals surface area contributed by atoms with Crippen molar-refractivity contribution in [3.63, 3.8) is 0 Å². The number of thioether (sulfide) groups is 1. The Morgan fingerprint density at radius 2 is 2.17 bits per heavy atom. The summed E-state index contributed by atoms with van der Waals surface area (Å²) in [6, 6.07) is 7.99. The molecule has 6 nitrogen and oxygen atoms in total. The second-order valence-corrected chi connectivity index (χ2v) is 7.58. The van der Waals surface area contributed by atoms with E-state index in [-0.39, 0.29) is 11.8 Å². The maximum absolute atomic E-state index is 12.4. The molecular formula is C16H18N4O2S2. The van der Waals surface area contributed by atoms with Gasteiger partial charge in [0.1, 0.15) is 0 Å². The molecule has 1 aliphatic heterocycles. The van der Waals surface area contributed by atoms with E-state index in [1.165, 1.54) is 28.7 Å². The summed E-state index contributed by atoms with van der Waals surface area (Å²) in [5.41, 5.74) is 2.22. The Hall–Kier alpha value is -1.93. The van der Waals surface area contributed by atoms with E-state index in [9.17, 15) is 9.59 Å². The third-order valence-corrected chi connectivity index (χ3v) is 5.59. The van der Waals surface area contributed by atoms with Gasteiger partial charge in [0.25, 0.3) is 0 Å². The molecule has 24 heavy (non-hydrogen) atoms. The van der Waals surface area contributed by atoms with Gasteiger partial charge in [-0.25, -0.2) is 0 Å². The first kappa shape index (κ1) is 16.9. The number of para-hydroxylation sites is 1. The highest BCUT2D eigenvalue weighted by Gasteiger charge is 2.24. The van der Waals surface area contributed by atoms with Crippen LogP contribution in [0, 0.1) is 0 Å². The summed E-state index contributed by atoms with van der Waals surface area (Å²) in [5, 5.41) is 11.2. The molecule has 0 radical (unpaired) electrons. The maximum Gasteiger partial charge on any atom is 0.237 e. The zero-order valence-corrected chi connectivity index (χ0v) is 15.0. The Labute approximate surface area is 148 Å². The molecule has 0 saturated heterocycles. The smallest absolute Gasteiger partial charge is 0.237 e. The maximum atomic E-state index is 12.4. The fourth-order valence-electron chi connectivity index (χ4n) is 2.53. The van der Waals surface area contributed by atoms with Crippen LogP contribution in [0.1, 0.15) is 25.3 Å². The zero-order chi connectivity index (χ0) is 16.9. The van der Waals surface area contributed by atoms with Crippen molar-refractivity contribution in [1.29, 1.82) is 0 Å². The van der Waals surface area contributed by atoms with E-state index in [4.69, 9.17) is 0 Å². The first-order valence-electron chi connectivity index (χ1n) is 7.82. The van der Waals surface area contributed by atoms with Gasteiger partial charge in [0.05, 0.1) is 5.75 Å². The van der Waals surface area contributed by atoms with Crippen molar-refractivity contribution in [2.75, 3.05) is 22.5 Å². The van der Waals surface area contributed by atoms with E-state index in [1.807, 2.05) is 30.0 Å². The van der Waals surface area contributed by atoms with Crippen LogP contribution in [0.2, 0.25) is 0 Å². The molecule has 2 heterocycles. The molecule has 2 aromatic rings. The van der Waals surface area contributed by atoms with E-state index < -0.39 is 0 Å². The molecule has 0 bridgehead atoms. The molecule has 0 unspecified atom stereocenters. The summed E-state index contributed by atoms with van der Waals surface area (Å²) in [5.74, 6) is 0.318. The minimum atomic E-state index is -0.0602. The van der Waals surface area contributed by atoms with Crippen LogP contribution in [0.25, 0.3) is 0 Å². The van der Waals surface area contributed by atoms with Crippen LogP contribution in [0.4, 0.5) is 10.8 Å². The highest BCUT2D eigenvalue weighted by atomic mass is 32.2. The molecule has 126 valence electrons. The van der Waals surface area contributed by atoms with Gasteiger partial charge in [-0.15, -0.1) is 10.2 Å². The average molecular weight is 362 g/mol. The third kappa shape index (κ3) is 3.93. The molecule has 2 amide bonds. The molecule has 0 fully saturated rings. The number of nitrogens with one attached hydrogen (secondary N) is 1. The van der Waals surface area contributed by atoms with Gasteiger partial charge in [0, 0.05) is 18.7 Å². The van der Waals surface area contributed by atoms with Gasteiger partial charge in [0.15, 0.2) is 4.34 Å². The van der Waals surface area contributed by atoms with Crippen molar-refractivity contribution in [2.45, 2.75) is 30.5 Å². The summed E-state index contributed by atoms with van der Waals surface area (Å²) >= 11 is 2.65. The molecular weight excluding hydrogens is 344 g/mol. The Bertz CT molecular complexity index is 747. The van der Waals surface area contributed by atoms with Crippen LogP contribution in [-0.2, 0) is 16.0 Å². The lowest BCUT2D eigenvalue weighted by atomic mass is 10.2. The Balaban J connectivity index is 1.54. The van der Waals surface area contributed by atoms with Crippen molar-refractivity contribution in [1.82, 2.24) is 10.2 Å². The first-order valence-corrected chi connectivity index (χ1v) is 9.62. The number of carbonyl (C=O) groups excluding carboxylic acids is 2. The molecule has 0 spiro atoms. The van der Waals surface area contributed by atoms with Gasteiger partial charge in [-0.2, -0.15) is 0 Å². The molecule has 0 aliphatic carbocycles. The number of nitrogens with zero attached hydrogens (tertiary/aromatic N) is 3.